The fraction of sp³-hybridized carbons (Fsp3) is 0.333. The highest BCUT2D eigenvalue weighted by Gasteiger charge is 2.18. The molecule has 5 nitrogen and oxygen atoms in total. The minimum atomic E-state index is -0.123. The van der Waals surface area contributed by atoms with Gasteiger partial charge in [-0.2, -0.15) is 0 Å². The number of amides is 1. The number of hydrogen-bond acceptors (Lipinski definition) is 3. The molecule has 3 rings (SSSR count). The number of fused-ring (bicyclic) bond motifs is 1. The van der Waals surface area contributed by atoms with Crippen molar-refractivity contribution in [3.05, 3.63) is 82.1 Å². The Balaban J connectivity index is 1.62. The number of hydrogen-bond donors (Lipinski definition) is 2. The number of aromatic nitrogens is 1. The van der Waals surface area contributed by atoms with Gasteiger partial charge in [0.25, 0.3) is 5.56 Å². The standard InChI is InChI=1S/C24H29N3O2/c1-3-27(4-2)22(18-10-6-5-7-11-18)17-25-23(28)15-14-20-16-19-12-8-9-13-21(19)26-24(20)29/h5-13,16,22H,3-4,14-15,17H2,1-2H3,(H,25,28)(H,26,29). The maximum atomic E-state index is 12.5. The Labute approximate surface area is 171 Å². The summed E-state index contributed by atoms with van der Waals surface area (Å²) in [6, 6.07) is 19.9. The van der Waals surface area contributed by atoms with Crippen LogP contribution in [0.15, 0.2) is 65.5 Å². The van der Waals surface area contributed by atoms with E-state index < -0.39 is 0 Å². The monoisotopic (exact) mass is 391 g/mol. The summed E-state index contributed by atoms with van der Waals surface area (Å²) in [4.78, 5) is 30.0. The van der Waals surface area contributed by atoms with Crippen LogP contribution >= 0.6 is 0 Å². The van der Waals surface area contributed by atoms with E-state index >= 15 is 0 Å². The van der Waals surface area contributed by atoms with Gasteiger partial charge in [0.15, 0.2) is 0 Å². The molecule has 0 radical (unpaired) electrons. The van der Waals surface area contributed by atoms with E-state index in [1.54, 1.807) is 0 Å². The van der Waals surface area contributed by atoms with Crippen LogP contribution in [0.2, 0.25) is 0 Å². The molecule has 0 bridgehead atoms. The second-order valence-corrected chi connectivity index (χ2v) is 7.16. The number of benzene rings is 2. The SMILES string of the molecule is CCN(CC)C(CNC(=O)CCc1cc2ccccc2[nH]c1=O)c1ccccc1. The van der Waals surface area contributed by atoms with E-state index in [4.69, 9.17) is 0 Å². The highest BCUT2D eigenvalue weighted by molar-refractivity contribution is 5.79. The van der Waals surface area contributed by atoms with Crippen molar-refractivity contribution in [3.63, 3.8) is 0 Å². The lowest BCUT2D eigenvalue weighted by molar-refractivity contribution is -0.121. The third-order valence-electron chi connectivity index (χ3n) is 5.38. The van der Waals surface area contributed by atoms with E-state index in [9.17, 15) is 9.59 Å². The molecular formula is C24H29N3O2. The summed E-state index contributed by atoms with van der Waals surface area (Å²) in [5.74, 6) is -0.0364. The molecule has 152 valence electrons. The van der Waals surface area contributed by atoms with Gasteiger partial charge in [-0.15, -0.1) is 0 Å². The molecule has 1 heterocycles. The number of carbonyl (C=O) groups excluding carboxylic acids is 1. The van der Waals surface area contributed by atoms with Gasteiger partial charge in [-0.1, -0.05) is 62.4 Å². The average molecular weight is 392 g/mol. The van der Waals surface area contributed by atoms with Crippen LogP contribution in [0.4, 0.5) is 0 Å². The fourth-order valence-corrected chi connectivity index (χ4v) is 3.72. The zero-order valence-electron chi connectivity index (χ0n) is 17.2. The number of carbonyl (C=O) groups is 1. The Morgan fingerprint density at radius 1 is 1.03 bits per heavy atom. The molecule has 0 aliphatic heterocycles. The summed E-state index contributed by atoms with van der Waals surface area (Å²) >= 11 is 0. The van der Waals surface area contributed by atoms with E-state index in [0.717, 1.165) is 24.0 Å². The van der Waals surface area contributed by atoms with Gasteiger partial charge in [0.1, 0.15) is 0 Å². The number of nitrogens with zero attached hydrogens (tertiary/aromatic N) is 1. The molecule has 1 aromatic heterocycles. The van der Waals surface area contributed by atoms with Crippen molar-refractivity contribution in [2.45, 2.75) is 32.7 Å². The molecule has 3 aromatic rings. The summed E-state index contributed by atoms with van der Waals surface area (Å²) in [6.45, 7) is 6.65. The van der Waals surface area contributed by atoms with E-state index in [2.05, 4.69) is 41.2 Å². The molecule has 0 spiro atoms. The summed E-state index contributed by atoms with van der Waals surface area (Å²) < 4.78 is 0. The van der Waals surface area contributed by atoms with Crippen LogP contribution in [0, 0.1) is 0 Å². The van der Waals surface area contributed by atoms with Gasteiger partial charge in [0.05, 0.1) is 6.04 Å². The number of aryl methyl sites for hydroxylation is 1. The van der Waals surface area contributed by atoms with E-state index in [0.29, 0.717) is 24.9 Å². The minimum Gasteiger partial charge on any atom is -0.354 e. The lowest BCUT2D eigenvalue weighted by Gasteiger charge is -2.30. The summed E-state index contributed by atoms with van der Waals surface area (Å²) in [7, 11) is 0. The predicted molar refractivity (Wildman–Crippen MR) is 118 cm³/mol. The van der Waals surface area contributed by atoms with Gasteiger partial charge in [0, 0.05) is 24.0 Å². The maximum absolute atomic E-state index is 12.5. The molecule has 0 aliphatic carbocycles. The Kier molecular flexibility index (Phi) is 7.19. The topological polar surface area (TPSA) is 65.2 Å². The van der Waals surface area contributed by atoms with Crippen molar-refractivity contribution in [2.24, 2.45) is 0 Å². The van der Waals surface area contributed by atoms with Crippen LogP contribution in [0.25, 0.3) is 10.9 Å². The van der Waals surface area contributed by atoms with E-state index in [1.807, 2.05) is 48.5 Å². The Hall–Kier alpha value is -2.92. The van der Waals surface area contributed by atoms with Crippen LogP contribution in [-0.2, 0) is 11.2 Å². The molecule has 1 unspecified atom stereocenters. The van der Waals surface area contributed by atoms with Gasteiger partial charge in [-0.05, 0) is 42.6 Å². The van der Waals surface area contributed by atoms with Crippen molar-refractivity contribution in [1.29, 1.82) is 0 Å². The molecule has 1 atom stereocenters. The molecule has 2 N–H and O–H groups in total. The first-order valence-corrected chi connectivity index (χ1v) is 10.3. The largest absolute Gasteiger partial charge is 0.354 e. The zero-order valence-corrected chi connectivity index (χ0v) is 17.2. The molecular weight excluding hydrogens is 362 g/mol. The Bertz CT molecular complexity index is 994. The summed E-state index contributed by atoms with van der Waals surface area (Å²) in [6.07, 6.45) is 0.717. The predicted octanol–water partition coefficient (Wildman–Crippen LogP) is 3.66. The highest BCUT2D eigenvalue weighted by Crippen LogP contribution is 2.19. The summed E-state index contributed by atoms with van der Waals surface area (Å²) in [5.41, 5.74) is 2.53. The lowest BCUT2D eigenvalue weighted by atomic mass is 10.0. The van der Waals surface area contributed by atoms with Crippen LogP contribution in [0.1, 0.15) is 37.4 Å². The van der Waals surface area contributed by atoms with Crippen molar-refractivity contribution in [1.82, 2.24) is 15.2 Å². The van der Waals surface area contributed by atoms with Crippen molar-refractivity contribution in [3.8, 4) is 0 Å². The quantitative estimate of drug-likeness (QED) is 0.585. The molecule has 0 saturated carbocycles. The molecule has 0 fully saturated rings. The third-order valence-corrected chi connectivity index (χ3v) is 5.38. The van der Waals surface area contributed by atoms with Crippen molar-refractivity contribution in [2.75, 3.05) is 19.6 Å². The fourth-order valence-electron chi connectivity index (χ4n) is 3.72. The maximum Gasteiger partial charge on any atom is 0.251 e. The first-order chi connectivity index (χ1) is 14.1. The number of H-pyrrole nitrogens is 1. The van der Waals surface area contributed by atoms with Crippen molar-refractivity contribution >= 4 is 16.8 Å². The number of nitrogens with one attached hydrogen (secondary N) is 2. The van der Waals surface area contributed by atoms with E-state index in [-0.39, 0.29) is 17.5 Å². The minimum absolute atomic E-state index is 0.0364. The first kappa shape index (κ1) is 20.8. The molecule has 1 amide bonds. The molecule has 29 heavy (non-hydrogen) atoms. The summed E-state index contributed by atoms with van der Waals surface area (Å²) in [5, 5.41) is 4.04. The average Bonchev–Trinajstić information content (AvgIpc) is 2.75. The Morgan fingerprint density at radius 2 is 1.72 bits per heavy atom. The van der Waals surface area contributed by atoms with Crippen LogP contribution in [0.3, 0.4) is 0 Å². The normalized spacial score (nSPS) is 12.2. The second kappa shape index (κ2) is 10.0. The van der Waals surface area contributed by atoms with E-state index in [1.165, 1.54) is 5.56 Å². The molecule has 0 aliphatic rings. The first-order valence-electron chi connectivity index (χ1n) is 10.3. The number of rotatable bonds is 9. The Morgan fingerprint density at radius 3 is 2.45 bits per heavy atom. The van der Waals surface area contributed by atoms with Crippen LogP contribution in [0.5, 0.6) is 0 Å². The third kappa shape index (κ3) is 5.33. The second-order valence-electron chi connectivity index (χ2n) is 7.16. The number of para-hydroxylation sites is 1. The van der Waals surface area contributed by atoms with Crippen LogP contribution < -0.4 is 10.9 Å². The van der Waals surface area contributed by atoms with Gasteiger partial charge < -0.3 is 10.3 Å². The van der Waals surface area contributed by atoms with Gasteiger partial charge in [0.2, 0.25) is 5.91 Å². The van der Waals surface area contributed by atoms with Crippen molar-refractivity contribution < 1.29 is 4.79 Å². The highest BCUT2D eigenvalue weighted by atomic mass is 16.1. The van der Waals surface area contributed by atoms with Crippen LogP contribution in [-0.4, -0.2) is 35.4 Å². The van der Waals surface area contributed by atoms with Gasteiger partial charge in [-0.3, -0.25) is 14.5 Å². The number of likely N-dealkylation sites (N-methyl/N-ethyl adjacent to an activating group) is 1. The molecule has 5 heteroatoms. The van der Waals surface area contributed by atoms with Gasteiger partial charge >= 0.3 is 0 Å². The number of pyridine rings is 1. The zero-order chi connectivity index (χ0) is 20.6. The molecule has 0 saturated heterocycles. The number of aromatic amines is 1. The smallest absolute Gasteiger partial charge is 0.251 e. The molecule has 2 aromatic carbocycles. The van der Waals surface area contributed by atoms with Gasteiger partial charge in [-0.25, -0.2) is 0 Å². The lowest BCUT2D eigenvalue weighted by Crippen LogP contribution is -2.38.